The summed E-state index contributed by atoms with van der Waals surface area (Å²) in [6.45, 7) is 1.75. The molecule has 110 valence electrons. The zero-order chi connectivity index (χ0) is 15.6. The van der Waals surface area contributed by atoms with Gasteiger partial charge in [0.1, 0.15) is 10.6 Å². The van der Waals surface area contributed by atoms with Gasteiger partial charge in [-0.3, -0.25) is 10.5 Å². The summed E-state index contributed by atoms with van der Waals surface area (Å²) in [4.78, 5) is 15.2. The van der Waals surface area contributed by atoms with E-state index in [1.807, 2.05) is 0 Å². The van der Waals surface area contributed by atoms with E-state index < -0.39 is 0 Å². The molecule has 0 aliphatic carbocycles. The van der Waals surface area contributed by atoms with Gasteiger partial charge < -0.3 is 0 Å². The number of H-pyrrole nitrogens is 1. The number of aromatic amines is 1. The number of carbonyl (C=O) groups is 1. The monoisotopic (exact) mass is 363 g/mol. The van der Waals surface area contributed by atoms with Gasteiger partial charge in [0.15, 0.2) is 0 Å². The fraction of sp³-hybridized carbons (Fsp3) is 0.0833. The van der Waals surface area contributed by atoms with Crippen molar-refractivity contribution in [3.63, 3.8) is 0 Å². The van der Waals surface area contributed by atoms with Crippen LogP contribution in [0.3, 0.4) is 0 Å². The van der Waals surface area contributed by atoms with Crippen LogP contribution in [0.5, 0.6) is 0 Å². The number of thiazole rings is 1. The lowest BCUT2D eigenvalue weighted by Gasteiger charge is -2.03. The minimum Gasteiger partial charge on any atom is -0.278 e. The second-order valence-electron chi connectivity index (χ2n) is 4.00. The molecule has 0 saturated heterocycles. The Kier molecular flexibility index (Phi) is 5.05. The SMILES string of the molecule is Cc1[nH+]c(N)sc1C(=O)NN=Cc1c(Cl)ccc(Cl)c1Cl. The summed E-state index contributed by atoms with van der Waals surface area (Å²) in [5.74, 6) is -0.379. The Labute approximate surface area is 139 Å². The first-order valence-electron chi connectivity index (χ1n) is 5.65. The molecule has 2 aromatic rings. The molecule has 21 heavy (non-hydrogen) atoms. The van der Waals surface area contributed by atoms with Crippen LogP contribution in [0.4, 0.5) is 5.13 Å². The highest BCUT2D eigenvalue weighted by Crippen LogP contribution is 2.29. The van der Waals surface area contributed by atoms with E-state index in [0.29, 0.717) is 31.3 Å². The van der Waals surface area contributed by atoms with Crippen molar-refractivity contribution in [1.29, 1.82) is 0 Å². The number of hydrogen-bond acceptors (Lipinski definition) is 4. The Morgan fingerprint density at radius 3 is 2.67 bits per heavy atom. The van der Waals surface area contributed by atoms with Crippen molar-refractivity contribution in [2.24, 2.45) is 5.10 Å². The number of aromatic nitrogens is 1. The molecule has 4 N–H and O–H groups in total. The van der Waals surface area contributed by atoms with E-state index in [-0.39, 0.29) is 10.9 Å². The van der Waals surface area contributed by atoms with Crippen molar-refractivity contribution in [2.45, 2.75) is 6.92 Å². The van der Waals surface area contributed by atoms with Crippen LogP contribution >= 0.6 is 46.1 Å². The molecule has 5 nitrogen and oxygen atoms in total. The van der Waals surface area contributed by atoms with Gasteiger partial charge in [0.25, 0.3) is 5.91 Å². The molecule has 1 aromatic carbocycles. The number of hydrazone groups is 1. The summed E-state index contributed by atoms with van der Waals surface area (Å²) in [6.07, 6.45) is 1.34. The Hall–Kier alpha value is -1.34. The summed E-state index contributed by atoms with van der Waals surface area (Å²) in [6, 6.07) is 3.17. The van der Waals surface area contributed by atoms with Crippen molar-refractivity contribution >= 4 is 63.4 Å². The van der Waals surface area contributed by atoms with E-state index in [0.717, 1.165) is 11.3 Å². The predicted octanol–water partition coefficient (Wildman–Crippen LogP) is 3.18. The average molecular weight is 365 g/mol. The fourth-order valence-electron chi connectivity index (χ4n) is 1.54. The van der Waals surface area contributed by atoms with Crippen LogP contribution in [0.2, 0.25) is 15.1 Å². The highest BCUT2D eigenvalue weighted by molar-refractivity contribution is 7.16. The van der Waals surface area contributed by atoms with Crippen molar-refractivity contribution < 1.29 is 9.78 Å². The Bertz CT molecular complexity index is 730. The molecule has 1 heterocycles. The molecule has 9 heteroatoms. The smallest absolute Gasteiger partial charge is 0.278 e. The highest BCUT2D eigenvalue weighted by Gasteiger charge is 2.16. The number of rotatable bonds is 3. The summed E-state index contributed by atoms with van der Waals surface area (Å²) < 4.78 is 0. The minimum absolute atomic E-state index is 0.270. The molecular weight excluding hydrogens is 355 g/mol. The maximum absolute atomic E-state index is 11.9. The number of hydrogen-bond donors (Lipinski definition) is 2. The number of halogens is 3. The number of anilines is 1. The lowest BCUT2D eigenvalue weighted by atomic mass is 10.2. The highest BCUT2D eigenvalue weighted by atomic mass is 35.5. The van der Waals surface area contributed by atoms with Crippen LogP contribution in [0.25, 0.3) is 0 Å². The maximum atomic E-state index is 11.9. The zero-order valence-corrected chi connectivity index (χ0v) is 13.8. The van der Waals surface area contributed by atoms with Gasteiger partial charge in [-0.15, -0.1) is 0 Å². The van der Waals surface area contributed by atoms with E-state index in [1.54, 1.807) is 19.1 Å². The van der Waals surface area contributed by atoms with E-state index in [4.69, 9.17) is 40.5 Å². The Balaban J connectivity index is 2.15. The van der Waals surface area contributed by atoms with E-state index >= 15 is 0 Å². The molecule has 1 amide bonds. The topological polar surface area (TPSA) is 81.6 Å². The number of nitrogens with one attached hydrogen (secondary N) is 2. The zero-order valence-electron chi connectivity index (χ0n) is 10.7. The largest absolute Gasteiger partial charge is 0.330 e. The van der Waals surface area contributed by atoms with Crippen LogP contribution in [0.1, 0.15) is 20.9 Å². The van der Waals surface area contributed by atoms with Crippen molar-refractivity contribution in [1.82, 2.24) is 5.43 Å². The lowest BCUT2D eigenvalue weighted by Crippen LogP contribution is -2.19. The van der Waals surface area contributed by atoms with Crippen LogP contribution in [0.15, 0.2) is 17.2 Å². The summed E-state index contributed by atoms with van der Waals surface area (Å²) in [5, 5.41) is 5.28. The summed E-state index contributed by atoms with van der Waals surface area (Å²) in [5.41, 5.74) is 9.07. The first-order chi connectivity index (χ1) is 9.90. The third kappa shape index (κ3) is 3.65. The van der Waals surface area contributed by atoms with Gasteiger partial charge in [-0.2, -0.15) is 5.10 Å². The van der Waals surface area contributed by atoms with Gasteiger partial charge in [-0.05, 0) is 30.4 Å². The number of nitrogens with zero attached hydrogens (tertiary/aromatic N) is 1. The average Bonchev–Trinajstić information content (AvgIpc) is 2.77. The van der Waals surface area contributed by atoms with Gasteiger partial charge >= 0.3 is 5.13 Å². The van der Waals surface area contributed by atoms with E-state index in [1.165, 1.54) is 6.21 Å². The van der Waals surface area contributed by atoms with Gasteiger partial charge in [-0.25, -0.2) is 10.4 Å². The molecule has 0 spiro atoms. The molecule has 2 rings (SSSR count). The Morgan fingerprint density at radius 1 is 1.38 bits per heavy atom. The third-order valence-corrected chi connectivity index (χ3v) is 4.67. The van der Waals surface area contributed by atoms with Gasteiger partial charge in [0.05, 0.1) is 21.3 Å². The third-order valence-electron chi connectivity index (χ3n) is 2.51. The molecule has 0 fully saturated rings. The summed E-state index contributed by atoms with van der Waals surface area (Å²) >= 11 is 19.0. The normalized spacial score (nSPS) is 11.0. The van der Waals surface area contributed by atoms with Crippen molar-refractivity contribution in [3.8, 4) is 0 Å². The number of benzene rings is 1. The fourth-order valence-corrected chi connectivity index (χ4v) is 2.94. The first-order valence-corrected chi connectivity index (χ1v) is 7.60. The number of amides is 1. The number of carbonyl (C=O) groups excluding carboxylic acids is 1. The molecule has 0 aliphatic heterocycles. The van der Waals surface area contributed by atoms with Crippen molar-refractivity contribution in [3.05, 3.63) is 43.3 Å². The molecule has 0 saturated carbocycles. The number of nitrogens with two attached hydrogens (primary N) is 1. The van der Waals surface area contributed by atoms with Crippen LogP contribution in [0, 0.1) is 6.92 Å². The van der Waals surface area contributed by atoms with E-state index in [9.17, 15) is 4.79 Å². The quantitative estimate of drug-likeness (QED) is 0.498. The van der Waals surface area contributed by atoms with Crippen LogP contribution < -0.4 is 16.1 Å². The molecule has 1 aromatic heterocycles. The van der Waals surface area contributed by atoms with Gasteiger partial charge in [0.2, 0.25) is 0 Å². The number of nitrogen functional groups attached to an aromatic ring is 1. The second-order valence-corrected chi connectivity index (χ2v) is 6.25. The van der Waals surface area contributed by atoms with Crippen LogP contribution in [-0.2, 0) is 0 Å². The second kappa shape index (κ2) is 6.62. The molecule has 0 radical (unpaired) electrons. The predicted molar refractivity (Wildman–Crippen MR) is 86.6 cm³/mol. The lowest BCUT2D eigenvalue weighted by molar-refractivity contribution is -0.363. The molecular formula is C12H10Cl3N4OS+. The van der Waals surface area contributed by atoms with Crippen molar-refractivity contribution in [2.75, 3.05) is 5.73 Å². The van der Waals surface area contributed by atoms with Gasteiger partial charge in [-0.1, -0.05) is 34.8 Å². The first kappa shape index (κ1) is 16.0. The maximum Gasteiger partial charge on any atom is 0.330 e. The van der Waals surface area contributed by atoms with Gasteiger partial charge in [0, 0.05) is 5.56 Å². The number of aryl methyl sites for hydroxylation is 1. The molecule has 0 atom stereocenters. The standard InChI is InChI=1S/C12H9Cl3N4OS/c1-5-10(21-12(16)18-5)11(20)19-17-4-6-7(13)2-3-8(14)9(6)15/h2-4H,1H3,(H2,16,18)(H,19,20)/p+1. The van der Waals surface area contributed by atoms with E-state index in [2.05, 4.69) is 15.5 Å². The van der Waals surface area contributed by atoms with Crippen LogP contribution in [-0.4, -0.2) is 12.1 Å². The Morgan fingerprint density at radius 2 is 2.05 bits per heavy atom. The summed E-state index contributed by atoms with van der Waals surface area (Å²) in [7, 11) is 0. The molecule has 0 unspecified atom stereocenters. The molecule has 0 bridgehead atoms. The minimum atomic E-state index is -0.379. The molecule has 0 aliphatic rings.